The van der Waals surface area contributed by atoms with Gasteiger partial charge in [0.1, 0.15) is 0 Å². The Labute approximate surface area is 148 Å². The number of aromatic nitrogens is 2. The largest absolute Gasteiger partial charge is 0.337 e. The summed E-state index contributed by atoms with van der Waals surface area (Å²) in [5.41, 5.74) is 0.963. The first-order valence-corrected chi connectivity index (χ1v) is 9.27. The van der Waals surface area contributed by atoms with Crippen molar-refractivity contribution in [1.82, 2.24) is 14.7 Å². The number of piperidine rings is 1. The van der Waals surface area contributed by atoms with E-state index in [1.165, 1.54) is 5.56 Å². The summed E-state index contributed by atoms with van der Waals surface area (Å²) in [5.74, 6) is 3.44. The molecule has 4 heterocycles. The molecule has 132 valence electrons. The highest BCUT2D eigenvalue weighted by atomic mass is 16.2. The van der Waals surface area contributed by atoms with E-state index < -0.39 is 0 Å². The number of aryl methyl sites for hydroxylation is 1. The molecule has 0 N–H and O–H groups in total. The second-order valence-corrected chi connectivity index (χ2v) is 7.69. The van der Waals surface area contributed by atoms with Crippen molar-refractivity contribution in [2.24, 2.45) is 17.3 Å². The molecule has 0 aliphatic carbocycles. The van der Waals surface area contributed by atoms with Gasteiger partial charge in [-0.15, -0.1) is 12.3 Å². The van der Waals surface area contributed by atoms with Crippen LogP contribution in [0.25, 0.3) is 0 Å². The van der Waals surface area contributed by atoms with Crippen LogP contribution in [0.15, 0.2) is 22.6 Å². The number of carbonyl (C=O) groups is 1. The lowest BCUT2D eigenvalue weighted by atomic mass is 9.86. The minimum atomic E-state index is -0.352. The topological polar surface area (TPSA) is 62.9 Å². The Bertz CT molecular complexity index is 710. The summed E-state index contributed by atoms with van der Waals surface area (Å²) < 4.78 is 1.87. The van der Waals surface area contributed by atoms with Crippen molar-refractivity contribution in [3.63, 3.8) is 0 Å². The first-order valence-electron chi connectivity index (χ1n) is 9.27. The average molecular weight is 339 g/mol. The molecule has 2 bridgehead atoms. The van der Waals surface area contributed by atoms with Gasteiger partial charge in [-0.1, -0.05) is 0 Å². The highest BCUT2D eigenvalue weighted by Gasteiger charge is 2.45. The third kappa shape index (κ3) is 3.20. The van der Waals surface area contributed by atoms with Gasteiger partial charge >= 0.3 is 0 Å². The van der Waals surface area contributed by atoms with Gasteiger partial charge in [0.25, 0.3) is 0 Å². The van der Waals surface area contributed by atoms with Crippen LogP contribution in [0.5, 0.6) is 0 Å². The summed E-state index contributed by atoms with van der Waals surface area (Å²) in [5, 5.41) is 12.6. The molecule has 6 heteroatoms. The molecule has 1 amide bonds. The molecular weight excluding hydrogens is 314 g/mol. The number of hydrogen-bond donors (Lipinski definition) is 0. The molecule has 2 saturated heterocycles. The van der Waals surface area contributed by atoms with Gasteiger partial charge in [0.2, 0.25) is 5.91 Å². The molecule has 0 spiro atoms. The van der Waals surface area contributed by atoms with Crippen LogP contribution in [0.1, 0.15) is 62.8 Å². The molecule has 2 fully saturated rings. The second-order valence-electron chi connectivity index (χ2n) is 7.69. The Kier molecular flexibility index (Phi) is 4.10. The highest BCUT2D eigenvalue weighted by Crippen LogP contribution is 2.44. The number of terminal acetylenes is 1. The number of fused-ring (bicyclic) bond motifs is 2. The third-order valence-corrected chi connectivity index (χ3v) is 6.01. The molecule has 6 nitrogen and oxygen atoms in total. The van der Waals surface area contributed by atoms with Crippen molar-refractivity contribution < 1.29 is 4.79 Å². The van der Waals surface area contributed by atoms with Crippen LogP contribution in [-0.4, -0.2) is 38.3 Å². The van der Waals surface area contributed by atoms with Gasteiger partial charge in [0.15, 0.2) is 5.66 Å². The van der Waals surface area contributed by atoms with Gasteiger partial charge in [0, 0.05) is 51.0 Å². The van der Waals surface area contributed by atoms with Crippen molar-refractivity contribution in [3.05, 3.63) is 18.0 Å². The smallest absolute Gasteiger partial charge is 0.223 e. The molecule has 2 unspecified atom stereocenters. The maximum Gasteiger partial charge on any atom is 0.223 e. The molecule has 25 heavy (non-hydrogen) atoms. The number of nitrogens with zero attached hydrogens (tertiary/aromatic N) is 5. The SMILES string of the molecule is C#CCCC1(CCC(=O)N2C3CCC2CC(c2cnn(C)c2)C3)N=N1. The molecule has 1 aromatic rings. The first kappa shape index (κ1) is 16.3. The number of amides is 1. The van der Waals surface area contributed by atoms with Gasteiger partial charge < -0.3 is 4.90 Å². The normalized spacial score (nSPS) is 28.8. The van der Waals surface area contributed by atoms with Crippen LogP contribution in [0.4, 0.5) is 0 Å². The van der Waals surface area contributed by atoms with Gasteiger partial charge in [-0.3, -0.25) is 9.48 Å². The molecule has 0 radical (unpaired) electrons. The second kappa shape index (κ2) is 6.29. The average Bonchev–Trinajstić information content (AvgIpc) is 3.17. The minimum Gasteiger partial charge on any atom is -0.337 e. The molecule has 0 aromatic carbocycles. The zero-order valence-electron chi connectivity index (χ0n) is 14.8. The third-order valence-electron chi connectivity index (χ3n) is 6.01. The van der Waals surface area contributed by atoms with E-state index in [1.54, 1.807) is 0 Å². The molecule has 3 aliphatic heterocycles. The van der Waals surface area contributed by atoms with E-state index in [4.69, 9.17) is 6.42 Å². The van der Waals surface area contributed by atoms with Crippen LogP contribution in [0, 0.1) is 12.3 Å². The standard InChI is InChI=1S/C19H25N5O/c1-3-4-8-19(21-22-19)9-7-18(25)24-16-5-6-17(24)11-14(10-16)15-12-20-23(2)13-15/h1,12-14,16-17H,4-11H2,2H3. The maximum absolute atomic E-state index is 12.8. The Hall–Kier alpha value is -2.16. The fraction of sp³-hybridized carbons (Fsp3) is 0.684. The Morgan fingerprint density at radius 1 is 1.32 bits per heavy atom. The molecule has 3 aliphatic rings. The Balaban J connectivity index is 1.35. The van der Waals surface area contributed by atoms with Crippen LogP contribution in [-0.2, 0) is 11.8 Å². The molecule has 2 atom stereocenters. The van der Waals surface area contributed by atoms with E-state index >= 15 is 0 Å². The lowest BCUT2D eigenvalue weighted by Gasteiger charge is -2.39. The van der Waals surface area contributed by atoms with E-state index in [2.05, 4.69) is 32.3 Å². The summed E-state index contributed by atoms with van der Waals surface area (Å²) in [6, 6.07) is 0.761. The fourth-order valence-corrected chi connectivity index (χ4v) is 4.61. The van der Waals surface area contributed by atoms with Crippen LogP contribution < -0.4 is 0 Å². The molecule has 1 aromatic heterocycles. The zero-order chi connectivity index (χ0) is 17.4. The van der Waals surface area contributed by atoms with E-state index in [0.717, 1.165) is 32.1 Å². The van der Waals surface area contributed by atoms with Crippen molar-refractivity contribution >= 4 is 5.91 Å². The maximum atomic E-state index is 12.8. The summed E-state index contributed by atoms with van der Waals surface area (Å²) in [7, 11) is 1.96. The van der Waals surface area contributed by atoms with Gasteiger partial charge in [-0.05, 0) is 37.2 Å². The van der Waals surface area contributed by atoms with Gasteiger partial charge in [-0.25, -0.2) is 0 Å². The van der Waals surface area contributed by atoms with Crippen molar-refractivity contribution in [1.29, 1.82) is 0 Å². The van der Waals surface area contributed by atoms with E-state index in [1.807, 2.05) is 17.9 Å². The van der Waals surface area contributed by atoms with E-state index in [0.29, 0.717) is 37.3 Å². The quantitative estimate of drug-likeness (QED) is 0.748. The summed E-state index contributed by atoms with van der Waals surface area (Å²) >= 11 is 0. The lowest BCUT2D eigenvalue weighted by molar-refractivity contribution is -0.136. The summed E-state index contributed by atoms with van der Waals surface area (Å²) in [6.45, 7) is 0. The summed E-state index contributed by atoms with van der Waals surface area (Å²) in [4.78, 5) is 15.0. The predicted molar refractivity (Wildman–Crippen MR) is 93.7 cm³/mol. The lowest BCUT2D eigenvalue weighted by Crippen LogP contribution is -2.46. The van der Waals surface area contributed by atoms with Crippen LogP contribution >= 0.6 is 0 Å². The molecule has 0 saturated carbocycles. The molecule has 4 rings (SSSR count). The molecular formula is C19H25N5O. The number of carbonyl (C=O) groups excluding carboxylic acids is 1. The van der Waals surface area contributed by atoms with Gasteiger partial charge in [-0.2, -0.15) is 15.3 Å². The van der Waals surface area contributed by atoms with E-state index in [-0.39, 0.29) is 11.6 Å². The number of rotatable bonds is 6. The van der Waals surface area contributed by atoms with E-state index in [9.17, 15) is 4.79 Å². The summed E-state index contributed by atoms with van der Waals surface area (Å²) in [6.07, 6.45) is 16.5. The van der Waals surface area contributed by atoms with Crippen molar-refractivity contribution in [2.75, 3.05) is 0 Å². The Morgan fingerprint density at radius 2 is 2.04 bits per heavy atom. The first-order chi connectivity index (χ1) is 12.1. The minimum absolute atomic E-state index is 0.273. The highest BCUT2D eigenvalue weighted by molar-refractivity contribution is 5.77. The monoisotopic (exact) mass is 339 g/mol. The van der Waals surface area contributed by atoms with Crippen molar-refractivity contribution in [3.8, 4) is 12.3 Å². The zero-order valence-corrected chi connectivity index (χ0v) is 14.8. The predicted octanol–water partition coefficient (Wildman–Crippen LogP) is 3.01. The van der Waals surface area contributed by atoms with Crippen molar-refractivity contribution in [2.45, 2.75) is 75.0 Å². The Morgan fingerprint density at radius 3 is 2.60 bits per heavy atom. The van der Waals surface area contributed by atoms with Crippen LogP contribution in [0.3, 0.4) is 0 Å². The van der Waals surface area contributed by atoms with Crippen LogP contribution in [0.2, 0.25) is 0 Å². The van der Waals surface area contributed by atoms with Gasteiger partial charge in [0.05, 0.1) is 6.20 Å². The number of hydrogen-bond acceptors (Lipinski definition) is 4. The fourth-order valence-electron chi connectivity index (χ4n) is 4.61.